The fourth-order valence-corrected chi connectivity index (χ4v) is 3.75. The van der Waals surface area contributed by atoms with Crippen LogP contribution in [-0.2, 0) is 24.2 Å². The van der Waals surface area contributed by atoms with Crippen LogP contribution in [0.1, 0.15) is 36.0 Å². The number of carbonyl (C=O) groups excluding carboxylic acids is 1. The monoisotopic (exact) mass is 351 g/mol. The van der Waals surface area contributed by atoms with E-state index in [1.807, 2.05) is 24.4 Å². The smallest absolute Gasteiger partial charge is 0.224 e. The minimum Gasteiger partial charge on any atom is -0.493 e. The molecule has 5 heteroatoms. The first-order chi connectivity index (χ1) is 12.8. The van der Waals surface area contributed by atoms with E-state index in [1.54, 1.807) is 0 Å². The number of pyridine rings is 1. The molecule has 26 heavy (non-hydrogen) atoms. The predicted octanol–water partition coefficient (Wildman–Crippen LogP) is 2.87. The Morgan fingerprint density at radius 3 is 2.96 bits per heavy atom. The van der Waals surface area contributed by atoms with E-state index in [9.17, 15) is 4.79 Å². The largest absolute Gasteiger partial charge is 0.493 e. The van der Waals surface area contributed by atoms with Gasteiger partial charge in [0.2, 0.25) is 5.91 Å². The Morgan fingerprint density at radius 1 is 1.19 bits per heavy atom. The number of hydrogen-bond acceptors (Lipinski definition) is 4. The zero-order valence-electron chi connectivity index (χ0n) is 15.0. The maximum absolute atomic E-state index is 12.4. The number of ether oxygens (including phenoxy) is 1. The van der Waals surface area contributed by atoms with Crippen molar-refractivity contribution in [3.63, 3.8) is 0 Å². The van der Waals surface area contributed by atoms with Crippen molar-refractivity contribution in [2.75, 3.05) is 24.6 Å². The Balaban J connectivity index is 1.37. The third-order valence-electron chi connectivity index (χ3n) is 5.12. The van der Waals surface area contributed by atoms with Gasteiger partial charge >= 0.3 is 0 Å². The molecule has 1 fully saturated rings. The minimum atomic E-state index is 0.0392. The van der Waals surface area contributed by atoms with Crippen molar-refractivity contribution in [3.8, 4) is 5.75 Å². The number of nitrogens with zero attached hydrogens (tertiary/aromatic N) is 2. The fraction of sp³-hybridized carbons (Fsp3) is 0.429. The maximum Gasteiger partial charge on any atom is 0.224 e. The summed E-state index contributed by atoms with van der Waals surface area (Å²) < 4.78 is 5.52. The lowest BCUT2D eigenvalue weighted by Crippen LogP contribution is -2.32. The molecule has 0 aliphatic carbocycles. The second-order valence-electron chi connectivity index (χ2n) is 7.03. The molecule has 1 aromatic carbocycles. The molecular weight excluding hydrogens is 326 g/mol. The quantitative estimate of drug-likeness (QED) is 0.900. The Morgan fingerprint density at radius 2 is 2.08 bits per heavy atom. The molecule has 4 rings (SSSR count). The summed E-state index contributed by atoms with van der Waals surface area (Å²) in [5.74, 6) is 2.01. The van der Waals surface area contributed by atoms with Crippen LogP contribution in [0.5, 0.6) is 5.75 Å². The predicted molar refractivity (Wildman–Crippen MR) is 101 cm³/mol. The standard InChI is InChI=1S/C21H25N3O2/c25-20(14-16-6-7-19-17(13-16)8-12-26-19)23-15-18-5-4-9-22-21(18)24-10-2-1-3-11-24/h4-7,9,13H,1-3,8,10-12,14-15H2,(H,23,25). The van der Waals surface area contributed by atoms with Crippen LogP contribution in [0.25, 0.3) is 0 Å². The second-order valence-corrected chi connectivity index (χ2v) is 7.03. The molecule has 2 aliphatic rings. The van der Waals surface area contributed by atoms with E-state index >= 15 is 0 Å². The molecule has 5 nitrogen and oxygen atoms in total. The topological polar surface area (TPSA) is 54.5 Å². The summed E-state index contributed by atoms with van der Waals surface area (Å²) in [6.07, 6.45) is 6.88. The average molecular weight is 351 g/mol. The SMILES string of the molecule is O=C(Cc1ccc2c(c1)CCO2)NCc1cccnc1N1CCCCC1. The van der Waals surface area contributed by atoms with Crippen LogP contribution in [-0.4, -0.2) is 30.6 Å². The molecule has 0 spiro atoms. The number of piperidine rings is 1. The Kier molecular flexibility index (Phi) is 5.04. The van der Waals surface area contributed by atoms with Crippen molar-refractivity contribution in [3.05, 3.63) is 53.2 Å². The highest BCUT2D eigenvalue weighted by atomic mass is 16.5. The summed E-state index contributed by atoms with van der Waals surface area (Å²) in [6, 6.07) is 10.0. The first-order valence-corrected chi connectivity index (χ1v) is 9.50. The molecule has 1 N–H and O–H groups in total. The Bertz CT molecular complexity index is 785. The van der Waals surface area contributed by atoms with E-state index in [4.69, 9.17) is 4.74 Å². The summed E-state index contributed by atoms with van der Waals surface area (Å²) in [7, 11) is 0. The summed E-state index contributed by atoms with van der Waals surface area (Å²) in [6.45, 7) is 3.36. The molecule has 3 heterocycles. The molecule has 1 saturated heterocycles. The lowest BCUT2D eigenvalue weighted by molar-refractivity contribution is -0.120. The van der Waals surface area contributed by atoms with E-state index in [2.05, 4.69) is 27.3 Å². The van der Waals surface area contributed by atoms with E-state index in [0.29, 0.717) is 13.0 Å². The molecule has 0 atom stereocenters. The Hall–Kier alpha value is -2.56. The molecular formula is C21H25N3O2. The summed E-state index contributed by atoms with van der Waals surface area (Å²) in [4.78, 5) is 19.3. The lowest BCUT2D eigenvalue weighted by Gasteiger charge is -2.29. The maximum atomic E-state index is 12.4. The van der Waals surface area contributed by atoms with Crippen molar-refractivity contribution in [2.24, 2.45) is 0 Å². The minimum absolute atomic E-state index is 0.0392. The molecule has 0 saturated carbocycles. The van der Waals surface area contributed by atoms with Gasteiger partial charge in [-0.3, -0.25) is 4.79 Å². The summed E-state index contributed by atoms with van der Waals surface area (Å²) in [5, 5.41) is 3.06. The Labute approximate surface area is 154 Å². The number of carbonyl (C=O) groups is 1. The zero-order valence-corrected chi connectivity index (χ0v) is 15.0. The lowest BCUT2D eigenvalue weighted by atomic mass is 10.1. The van der Waals surface area contributed by atoms with Crippen molar-refractivity contribution >= 4 is 11.7 Å². The highest BCUT2D eigenvalue weighted by Gasteiger charge is 2.16. The highest BCUT2D eigenvalue weighted by Crippen LogP contribution is 2.26. The van der Waals surface area contributed by atoms with Gasteiger partial charge in [-0.05, 0) is 42.5 Å². The van der Waals surface area contributed by atoms with Crippen molar-refractivity contribution in [2.45, 2.75) is 38.6 Å². The van der Waals surface area contributed by atoms with Gasteiger partial charge in [-0.15, -0.1) is 0 Å². The number of fused-ring (bicyclic) bond motifs is 1. The van der Waals surface area contributed by atoms with Gasteiger partial charge in [0.15, 0.2) is 0 Å². The zero-order chi connectivity index (χ0) is 17.8. The van der Waals surface area contributed by atoms with Gasteiger partial charge in [0.1, 0.15) is 11.6 Å². The number of nitrogens with one attached hydrogen (secondary N) is 1. The molecule has 0 radical (unpaired) electrons. The molecule has 2 aromatic rings. The van der Waals surface area contributed by atoms with Gasteiger partial charge < -0.3 is 15.0 Å². The van der Waals surface area contributed by atoms with Crippen LogP contribution in [0.2, 0.25) is 0 Å². The molecule has 136 valence electrons. The van der Waals surface area contributed by atoms with Crippen LogP contribution in [0.3, 0.4) is 0 Å². The van der Waals surface area contributed by atoms with Gasteiger partial charge in [0, 0.05) is 37.8 Å². The van der Waals surface area contributed by atoms with Gasteiger partial charge in [0.25, 0.3) is 0 Å². The number of aromatic nitrogens is 1. The van der Waals surface area contributed by atoms with Crippen LogP contribution in [0, 0.1) is 0 Å². The molecule has 0 unspecified atom stereocenters. The molecule has 1 amide bonds. The number of rotatable bonds is 5. The summed E-state index contributed by atoms with van der Waals surface area (Å²) >= 11 is 0. The molecule has 0 bridgehead atoms. The van der Waals surface area contributed by atoms with Gasteiger partial charge in [-0.25, -0.2) is 4.98 Å². The first-order valence-electron chi connectivity index (χ1n) is 9.50. The van der Waals surface area contributed by atoms with Gasteiger partial charge in [-0.2, -0.15) is 0 Å². The normalized spacial score (nSPS) is 16.1. The van der Waals surface area contributed by atoms with E-state index in [0.717, 1.165) is 48.8 Å². The third kappa shape index (κ3) is 3.82. The van der Waals surface area contributed by atoms with Gasteiger partial charge in [-0.1, -0.05) is 18.2 Å². The van der Waals surface area contributed by atoms with Gasteiger partial charge in [0.05, 0.1) is 13.0 Å². The number of amides is 1. The van der Waals surface area contributed by atoms with Crippen LogP contribution in [0.4, 0.5) is 5.82 Å². The number of benzene rings is 1. The summed E-state index contributed by atoms with van der Waals surface area (Å²) in [5.41, 5.74) is 3.33. The molecule has 2 aliphatic heterocycles. The first kappa shape index (κ1) is 16.9. The third-order valence-corrected chi connectivity index (χ3v) is 5.12. The van der Waals surface area contributed by atoms with Crippen molar-refractivity contribution in [1.29, 1.82) is 0 Å². The number of hydrogen-bond donors (Lipinski definition) is 1. The molecule has 1 aromatic heterocycles. The van der Waals surface area contributed by atoms with Crippen molar-refractivity contribution in [1.82, 2.24) is 10.3 Å². The van der Waals surface area contributed by atoms with E-state index in [-0.39, 0.29) is 5.91 Å². The highest BCUT2D eigenvalue weighted by molar-refractivity contribution is 5.78. The fourth-order valence-electron chi connectivity index (χ4n) is 3.75. The number of anilines is 1. The average Bonchev–Trinajstić information content (AvgIpc) is 3.15. The van der Waals surface area contributed by atoms with Crippen LogP contribution in [0.15, 0.2) is 36.5 Å². The van der Waals surface area contributed by atoms with E-state index in [1.165, 1.54) is 24.8 Å². The van der Waals surface area contributed by atoms with E-state index < -0.39 is 0 Å². The van der Waals surface area contributed by atoms with Crippen LogP contribution < -0.4 is 15.0 Å². The van der Waals surface area contributed by atoms with Crippen molar-refractivity contribution < 1.29 is 9.53 Å². The van der Waals surface area contributed by atoms with Crippen LogP contribution >= 0.6 is 0 Å². The second kappa shape index (κ2) is 7.77.